The smallest absolute Gasteiger partial charge is 0.333 e. The Morgan fingerprint density at radius 2 is 1.50 bits per heavy atom. The Bertz CT molecular complexity index is 279. The highest BCUT2D eigenvalue weighted by Crippen LogP contribution is 2.25. The van der Waals surface area contributed by atoms with Crippen molar-refractivity contribution in [3.63, 3.8) is 0 Å². The second-order valence-electron chi connectivity index (χ2n) is 6.75. The Balaban J connectivity index is 3.57. The zero-order valence-corrected chi connectivity index (χ0v) is 14.1. The lowest BCUT2D eigenvalue weighted by Gasteiger charge is -2.24. The van der Waals surface area contributed by atoms with Gasteiger partial charge in [-0.15, -0.1) is 0 Å². The standard InChI is InChI=1S/C18H34O2/c1-6-7-8-9-10-11-12-13-14-18(4,5)15-20-17(19)16(2)3/h2,6-15H2,1,3-5H3. The van der Waals surface area contributed by atoms with Gasteiger partial charge in [-0.2, -0.15) is 0 Å². The fraction of sp³-hybridized carbons (Fsp3) is 0.833. The molecule has 0 aromatic carbocycles. The largest absolute Gasteiger partial charge is 0.462 e. The highest BCUT2D eigenvalue weighted by atomic mass is 16.5. The molecule has 20 heavy (non-hydrogen) atoms. The maximum absolute atomic E-state index is 11.4. The first-order valence-corrected chi connectivity index (χ1v) is 8.21. The van der Waals surface area contributed by atoms with E-state index >= 15 is 0 Å². The van der Waals surface area contributed by atoms with Gasteiger partial charge in [-0.25, -0.2) is 4.79 Å². The molecule has 0 aliphatic rings. The highest BCUT2D eigenvalue weighted by molar-refractivity contribution is 5.86. The summed E-state index contributed by atoms with van der Waals surface area (Å²) in [6.45, 7) is 12.4. The molecular weight excluding hydrogens is 248 g/mol. The lowest BCUT2D eigenvalue weighted by atomic mass is 9.87. The van der Waals surface area contributed by atoms with E-state index in [9.17, 15) is 4.79 Å². The first kappa shape index (κ1) is 19.2. The van der Waals surface area contributed by atoms with Crippen molar-refractivity contribution in [2.45, 2.75) is 85.5 Å². The SMILES string of the molecule is C=C(C)C(=O)OCC(C)(C)CCCCCCCCCC. The third-order valence-electron chi connectivity index (χ3n) is 3.65. The quantitative estimate of drug-likeness (QED) is 0.262. The number of ether oxygens (including phenoxy) is 1. The lowest BCUT2D eigenvalue weighted by Crippen LogP contribution is -2.22. The lowest BCUT2D eigenvalue weighted by molar-refractivity contribution is -0.142. The van der Waals surface area contributed by atoms with Gasteiger partial charge in [0.1, 0.15) is 0 Å². The van der Waals surface area contributed by atoms with Crippen molar-refractivity contribution in [1.29, 1.82) is 0 Å². The van der Waals surface area contributed by atoms with Gasteiger partial charge in [0.2, 0.25) is 0 Å². The van der Waals surface area contributed by atoms with Gasteiger partial charge in [-0.1, -0.05) is 78.7 Å². The molecular formula is C18H34O2. The molecule has 0 spiro atoms. The molecule has 0 unspecified atom stereocenters. The van der Waals surface area contributed by atoms with Gasteiger partial charge < -0.3 is 4.74 Å². The summed E-state index contributed by atoms with van der Waals surface area (Å²) in [5.41, 5.74) is 0.556. The molecule has 0 aliphatic heterocycles. The number of hydrogen-bond donors (Lipinski definition) is 0. The van der Waals surface area contributed by atoms with E-state index in [4.69, 9.17) is 4.74 Å². The third-order valence-corrected chi connectivity index (χ3v) is 3.65. The first-order chi connectivity index (χ1) is 9.39. The fourth-order valence-corrected chi connectivity index (χ4v) is 2.19. The maximum Gasteiger partial charge on any atom is 0.333 e. The molecule has 2 nitrogen and oxygen atoms in total. The molecule has 0 aliphatic carbocycles. The second kappa shape index (κ2) is 10.9. The molecule has 0 fully saturated rings. The van der Waals surface area contributed by atoms with Crippen LogP contribution < -0.4 is 0 Å². The summed E-state index contributed by atoms with van der Waals surface area (Å²) in [5.74, 6) is -0.269. The minimum Gasteiger partial charge on any atom is -0.462 e. The monoisotopic (exact) mass is 282 g/mol. The van der Waals surface area contributed by atoms with Crippen LogP contribution in [0.15, 0.2) is 12.2 Å². The van der Waals surface area contributed by atoms with E-state index < -0.39 is 0 Å². The molecule has 0 radical (unpaired) electrons. The molecule has 0 aromatic heterocycles. The van der Waals surface area contributed by atoms with Gasteiger partial charge in [0.05, 0.1) is 6.61 Å². The normalized spacial score (nSPS) is 11.4. The van der Waals surface area contributed by atoms with Crippen LogP contribution in [0.1, 0.15) is 85.5 Å². The van der Waals surface area contributed by atoms with Gasteiger partial charge in [-0.3, -0.25) is 0 Å². The van der Waals surface area contributed by atoms with Crippen molar-refractivity contribution in [2.75, 3.05) is 6.61 Å². The summed E-state index contributed by atoms with van der Waals surface area (Å²) in [7, 11) is 0. The van der Waals surface area contributed by atoms with Crippen molar-refractivity contribution in [3.8, 4) is 0 Å². The van der Waals surface area contributed by atoms with Crippen LogP contribution in [0.4, 0.5) is 0 Å². The molecule has 0 saturated carbocycles. The summed E-state index contributed by atoms with van der Waals surface area (Å²) in [4.78, 5) is 11.4. The molecule has 2 heteroatoms. The number of hydrogen-bond acceptors (Lipinski definition) is 2. The molecule has 0 bridgehead atoms. The van der Waals surface area contributed by atoms with Crippen LogP contribution in [0, 0.1) is 5.41 Å². The van der Waals surface area contributed by atoms with Crippen LogP contribution in [0.3, 0.4) is 0 Å². The van der Waals surface area contributed by atoms with E-state index in [1.165, 1.54) is 51.4 Å². The van der Waals surface area contributed by atoms with Gasteiger partial charge in [0, 0.05) is 5.57 Å². The third kappa shape index (κ3) is 11.1. The molecule has 118 valence electrons. The maximum atomic E-state index is 11.4. The zero-order valence-electron chi connectivity index (χ0n) is 14.1. The van der Waals surface area contributed by atoms with Crippen LogP contribution in [-0.4, -0.2) is 12.6 Å². The van der Waals surface area contributed by atoms with Gasteiger partial charge in [0.25, 0.3) is 0 Å². The van der Waals surface area contributed by atoms with E-state index in [0.717, 1.165) is 6.42 Å². The number of rotatable bonds is 12. The van der Waals surface area contributed by atoms with Crippen LogP contribution in [0.25, 0.3) is 0 Å². The Labute approximate surface area is 126 Å². The van der Waals surface area contributed by atoms with Crippen molar-refractivity contribution in [3.05, 3.63) is 12.2 Å². The predicted octanol–water partition coefficient (Wildman–Crippen LogP) is 5.66. The number of esters is 1. The van der Waals surface area contributed by atoms with E-state index in [2.05, 4.69) is 27.4 Å². The van der Waals surface area contributed by atoms with Gasteiger partial charge in [0.15, 0.2) is 0 Å². The minimum atomic E-state index is -0.269. The van der Waals surface area contributed by atoms with E-state index in [-0.39, 0.29) is 11.4 Å². The van der Waals surface area contributed by atoms with Gasteiger partial charge in [-0.05, 0) is 18.8 Å². The Morgan fingerprint density at radius 1 is 1.00 bits per heavy atom. The predicted molar refractivity (Wildman–Crippen MR) is 86.8 cm³/mol. The number of carbonyl (C=O) groups excluding carboxylic acids is 1. The molecule has 0 atom stereocenters. The summed E-state index contributed by atoms with van der Waals surface area (Å²) in [5, 5.41) is 0. The summed E-state index contributed by atoms with van der Waals surface area (Å²) >= 11 is 0. The van der Waals surface area contributed by atoms with Crippen LogP contribution in [0.5, 0.6) is 0 Å². The topological polar surface area (TPSA) is 26.3 Å². The summed E-state index contributed by atoms with van der Waals surface area (Å²) in [6, 6.07) is 0. The van der Waals surface area contributed by atoms with Crippen molar-refractivity contribution in [2.24, 2.45) is 5.41 Å². The number of carbonyl (C=O) groups is 1. The number of unbranched alkanes of at least 4 members (excludes halogenated alkanes) is 7. The molecule has 0 heterocycles. The van der Waals surface area contributed by atoms with Crippen molar-refractivity contribution in [1.82, 2.24) is 0 Å². The fourth-order valence-electron chi connectivity index (χ4n) is 2.19. The molecule has 0 saturated heterocycles. The van der Waals surface area contributed by atoms with E-state index in [0.29, 0.717) is 12.2 Å². The first-order valence-electron chi connectivity index (χ1n) is 8.21. The second-order valence-corrected chi connectivity index (χ2v) is 6.75. The summed E-state index contributed by atoms with van der Waals surface area (Å²) in [6.07, 6.45) is 11.8. The molecule has 0 rings (SSSR count). The zero-order chi connectivity index (χ0) is 15.4. The van der Waals surface area contributed by atoms with Crippen LogP contribution in [-0.2, 0) is 9.53 Å². The average molecular weight is 282 g/mol. The Morgan fingerprint density at radius 3 is 2.00 bits per heavy atom. The van der Waals surface area contributed by atoms with Crippen molar-refractivity contribution >= 4 is 5.97 Å². The van der Waals surface area contributed by atoms with Crippen LogP contribution in [0.2, 0.25) is 0 Å². The van der Waals surface area contributed by atoms with E-state index in [1.54, 1.807) is 6.92 Å². The highest BCUT2D eigenvalue weighted by Gasteiger charge is 2.19. The van der Waals surface area contributed by atoms with Gasteiger partial charge >= 0.3 is 5.97 Å². The Kier molecular flexibility index (Phi) is 10.5. The Hall–Kier alpha value is -0.790. The molecule has 0 aromatic rings. The van der Waals surface area contributed by atoms with Crippen molar-refractivity contribution < 1.29 is 9.53 Å². The van der Waals surface area contributed by atoms with E-state index in [1.807, 2.05) is 0 Å². The molecule has 0 amide bonds. The van der Waals surface area contributed by atoms with Crippen LogP contribution >= 0.6 is 0 Å². The minimum absolute atomic E-state index is 0.0767. The average Bonchev–Trinajstić information content (AvgIpc) is 2.39. The summed E-state index contributed by atoms with van der Waals surface area (Å²) < 4.78 is 5.25. The molecule has 0 N–H and O–H groups in total.